The van der Waals surface area contributed by atoms with Crippen molar-refractivity contribution in [3.63, 3.8) is 0 Å². The largest absolute Gasteiger partial charge is 0.465 e. The molecule has 0 aromatic heterocycles. The lowest BCUT2D eigenvalue weighted by atomic mass is 10.2. The fraction of sp³-hybridized carbons (Fsp3) is 0.467. The van der Waals surface area contributed by atoms with E-state index in [-0.39, 0.29) is 0 Å². The third-order valence-corrected chi connectivity index (χ3v) is 3.78. The predicted octanol–water partition coefficient (Wildman–Crippen LogP) is 3.12. The number of nitrogens with one attached hydrogen (secondary N) is 1. The molecule has 0 saturated carbocycles. The lowest BCUT2D eigenvalue weighted by Crippen LogP contribution is -2.27. The van der Waals surface area contributed by atoms with Crippen LogP contribution in [-0.4, -0.2) is 46.6 Å². The number of carboxylic acid groups (broad SMARTS) is 1. The van der Waals surface area contributed by atoms with Crippen LogP contribution in [0.5, 0.6) is 0 Å². The highest BCUT2D eigenvalue weighted by atomic mass is 32.2. The third-order valence-electron chi connectivity index (χ3n) is 2.73. The quantitative estimate of drug-likeness (QED) is 0.213. The number of nitrogens with zero attached hydrogens (tertiary/aromatic N) is 2. The van der Waals surface area contributed by atoms with Crippen molar-refractivity contribution in [3.8, 4) is 0 Å². The summed E-state index contributed by atoms with van der Waals surface area (Å²) in [6, 6.07) is 7.74. The van der Waals surface area contributed by atoms with E-state index in [2.05, 4.69) is 28.6 Å². The topological polar surface area (TPSA) is 85.2 Å². The summed E-state index contributed by atoms with van der Waals surface area (Å²) in [5.74, 6) is 0.516. The van der Waals surface area contributed by atoms with Gasteiger partial charge in [0.1, 0.15) is 0 Å². The van der Waals surface area contributed by atoms with Crippen molar-refractivity contribution in [3.05, 3.63) is 29.8 Å². The average molecular weight is 325 g/mol. The van der Waals surface area contributed by atoms with Gasteiger partial charge in [-0.05, 0) is 42.0 Å². The molecular formula is C15H23N3O3S. The van der Waals surface area contributed by atoms with Gasteiger partial charge in [-0.25, -0.2) is 9.10 Å². The van der Waals surface area contributed by atoms with Gasteiger partial charge in [0, 0.05) is 24.5 Å². The van der Waals surface area contributed by atoms with E-state index in [1.54, 1.807) is 11.9 Å². The molecule has 22 heavy (non-hydrogen) atoms. The Morgan fingerprint density at radius 1 is 1.50 bits per heavy atom. The lowest BCUT2D eigenvalue weighted by Gasteiger charge is -2.23. The number of amides is 1. The molecule has 0 radical (unpaired) electrons. The van der Waals surface area contributed by atoms with Crippen LogP contribution in [0.15, 0.2) is 34.3 Å². The van der Waals surface area contributed by atoms with E-state index in [1.165, 1.54) is 6.21 Å². The summed E-state index contributed by atoms with van der Waals surface area (Å²) in [5, 5.41) is 22.6. The zero-order valence-corrected chi connectivity index (χ0v) is 13.7. The second-order valence-electron chi connectivity index (χ2n) is 5.28. The summed E-state index contributed by atoms with van der Waals surface area (Å²) < 4.78 is 2.23. The fourth-order valence-corrected chi connectivity index (χ4v) is 3.12. The smallest absolute Gasteiger partial charge is 0.404 e. The molecular weight excluding hydrogens is 302 g/mol. The average Bonchev–Trinajstić information content (AvgIpc) is 2.43. The highest BCUT2D eigenvalue weighted by Crippen LogP contribution is 2.24. The van der Waals surface area contributed by atoms with E-state index in [4.69, 9.17) is 10.3 Å². The van der Waals surface area contributed by atoms with E-state index < -0.39 is 6.09 Å². The number of oxime groups is 1. The van der Waals surface area contributed by atoms with Gasteiger partial charge in [0.25, 0.3) is 0 Å². The van der Waals surface area contributed by atoms with Crippen LogP contribution in [0.1, 0.15) is 25.8 Å². The first-order valence-corrected chi connectivity index (χ1v) is 7.96. The van der Waals surface area contributed by atoms with E-state index in [0.717, 1.165) is 30.0 Å². The van der Waals surface area contributed by atoms with Gasteiger partial charge < -0.3 is 15.6 Å². The number of carbonyl (C=O) groups is 1. The second-order valence-corrected chi connectivity index (χ2v) is 6.45. The first-order chi connectivity index (χ1) is 10.5. The summed E-state index contributed by atoms with van der Waals surface area (Å²) in [5.41, 5.74) is 0.838. The Kier molecular flexibility index (Phi) is 8.39. The van der Waals surface area contributed by atoms with Crippen molar-refractivity contribution < 1.29 is 15.1 Å². The maximum Gasteiger partial charge on any atom is 0.404 e. The van der Waals surface area contributed by atoms with Gasteiger partial charge in [-0.3, -0.25) is 0 Å². The van der Waals surface area contributed by atoms with Crippen molar-refractivity contribution in [2.24, 2.45) is 11.1 Å². The molecule has 0 saturated heterocycles. The van der Waals surface area contributed by atoms with Crippen molar-refractivity contribution in [1.29, 1.82) is 0 Å². The maximum atomic E-state index is 10.4. The molecule has 0 bridgehead atoms. The maximum absolute atomic E-state index is 10.4. The molecule has 0 spiro atoms. The highest BCUT2D eigenvalue weighted by molar-refractivity contribution is 7.97. The van der Waals surface area contributed by atoms with Gasteiger partial charge in [0.2, 0.25) is 0 Å². The first-order valence-electron chi connectivity index (χ1n) is 7.18. The first kappa shape index (κ1) is 18.3. The lowest BCUT2D eigenvalue weighted by molar-refractivity contribution is 0.194. The predicted molar refractivity (Wildman–Crippen MR) is 88.7 cm³/mol. The molecule has 1 aromatic carbocycles. The van der Waals surface area contributed by atoms with Crippen molar-refractivity contribution in [1.82, 2.24) is 9.62 Å². The minimum absolute atomic E-state index is 0.446. The summed E-state index contributed by atoms with van der Waals surface area (Å²) >= 11 is 1.63. The van der Waals surface area contributed by atoms with Crippen molar-refractivity contribution in [2.75, 3.05) is 19.6 Å². The highest BCUT2D eigenvalue weighted by Gasteiger charge is 2.10. The number of hydrogen-bond acceptors (Lipinski definition) is 5. The van der Waals surface area contributed by atoms with Gasteiger partial charge in [0.15, 0.2) is 0 Å². The van der Waals surface area contributed by atoms with E-state index in [9.17, 15) is 4.79 Å². The SMILES string of the molecule is CC(C)CN(CCCNC(=O)O)Sc1cccc(/C=N/O)c1. The summed E-state index contributed by atoms with van der Waals surface area (Å²) in [6.45, 7) is 6.45. The molecule has 7 heteroatoms. The van der Waals surface area contributed by atoms with E-state index in [0.29, 0.717) is 12.5 Å². The molecule has 122 valence electrons. The Balaban J connectivity index is 2.59. The molecule has 1 aromatic rings. The van der Waals surface area contributed by atoms with Crippen LogP contribution in [0.4, 0.5) is 4.79 Å². The standard InChI is InChI=1S/C15H23N3O3S/c1-12(2)11-18(8-4-7-16-15(19)20)22-14-6-3-5-13(9-14)10-17-21/h3,5-6,9-10,12,16,21H,4,7-8,11H2,1-2H3,(H,19,20)/b17-10+. The Morgan fingerprint density at radius 3 is 2.91 bits per heavy atom. The van der Waals surface area contributed by atoms with Crippen LogP contribution in [0.25, 0.3) is 0 Å². The normalized spacial score (nSPS) is 11.5. The zero-order valence-electron chi connectivity index (χ0n) is 12.9. The Bertz CT molecular complexity index is 495. The van der Waals surface area contributed by atoms with Gasteiger partial charge >= 0.3 is 6.09 Å². The number of benzene rings is 1. The molecule has 1 amide bonds. The van der Waals surface area contributed by atoms with Gasteiger partial charge in [0.05, 0.1) is 6.21 Å². The number of hydrogen-bond donors (Lipinski definition) is 3. The van der Waals surface area contributed by atoms with Crippen molar-refractivity contribution in [2.45, 2.75) is 25.2 Å². The van der Waals surface area contributed by atoms with Gasteiger partial charge in [-0.1, -0.05) is 31.1 Å². The molecule has 0 fully saturated rings. The zero-order chi connectivity index (χ0) is 16.4. The van der Waals surface area contributed by atoms with Crippen LogP contribution in [0, 0.1) is 5.92 Å². The van der Waals surface area contributed by atoms with E-state index >= 15 is 0 Å². The molecule has 1 rings (SSSR count). The molecule has 0 heterocycles. The van der Waals surface area contributed by atoms with Crippen LogP contribution < -0.4 is 5.32 Å². The molecule has 0 unspecified atom stereocenters. The Hall–Kier alpha value is -1.73. The van der Waals surface area contributed by atoms with E-state index in [1.807, 2.05) is 24.3 Å². The van der Waals surface area contributed by atoms with Gasteiger partial charge in [-0.15, -0.1) is 0 Å². The molecule has 0 atom stereocenters. The molecule has 6 nitrogen and oxygen atoms in total. The molecule has 0 aliphatic carbocycles. The summed E-state index contributed by atoms with van der Waals surface area (Å²) in [6.07, 6.45) is 1.16. The number of rotatable bonds is 9. The van der Waals surface area contributed by atoms with Gasteiger partial charge in [-0.2, -0.15) is 0 Å². The summed E-state index contributed by atoms with van der Waals surface area (Å²) in [7, 11) is 0. The monoisotopic (exact) mass is 325 g/mol. The van der Waals surface area contributed by atoms with Crippen LogP contribution in [-0.2, 0) is 0 Å². The molecule has 0 aliphatic rings. The fourth-order valence-electron chi connectivity index (χ4n) is 1.90. The van der Waals surface area contributed by atoms with Crippen molar-refractivity contribution >= 4 is 24.3 Å². The third kappa shape index (κ3) is 7.90. The Morgan fingerprint density at radius 2 is 2.27 bits per heavy atom. The second kappa shape index (κ2) is 10.1. The minimum Gasteiger partial charge on any atom is -0.465 e. The van der Waals surface area contributed by atoms with Crippen LogP contribution >= 0.6 is 11.9 Å². The minimum atomic E-state index is -0.987. The summed E-state index contributed by atoms with van der Waals surface area (Å²) in [4.78, 5) is 11.5. The molecule has 3 N–H and O–H groups in total. The van der Waals surface area contributed by atoms with Crippen LogP contribution in [0.3, 0.4) is 0 Å². The van der Waals surface area contributed by atoms with Crippen LogP contribution in [0.2, 0.25) is 0 Å². The molecule has 0 aliphatic heterocycles. The Labute approximate surface area is 135 Å².